The molecule has 1 aliphatic rings. The van der Waals surface area contributed by atoms with Gasteiger partial charge in [-0.2, -0.15) is 0 Å². The van der Waals surface area contributed by atoms with Crippen LogP contribution in [0.15, 0.2) is 11.8 Å². The summed E-state index contributed by atoms with van der Waals surface area (Å²) in [7, 11) is 0. The van der Waals surface area contributed by atoms with Crippen molar-refractivity contribution in [1.82, 2.24) is 3.30 Å². The standard InChI is InChI=1S/C4H5NO2.In/c1-2-3(5)4(6)7;/h2,5H,1H2,(H,6,7);/q-1;+1. The second kappa shape index (κ2) is 2.44. The minimum atomic E-state index is -0.811. The maximum atomic E-state index is 10.1. The second-order valence-electron chi connectivity index (χ2n) is 1.51. The Bertz CT molecular complexity index is 143. The summed E-state index contributed by atoms with van der Waals surface area (Å²) >= 11 is -0.652. The third-order valence-electron chi connectivity index (χ3n) is 0.928. The van der Waals surface area contributed by atoms with E-state index in [4.69, 9.17) is 5.11 Å². The number of carboxylic acids is 1. The second-order valence-corrected chi connectivity index (χ2v) is 4.84. The van der Waals surface area contributed by atoms with Crippen LogP contribution in [0, 0.1) is 0 Å². The zero-order valence-electron chi connectivity index (χ0n) is 4.22. The van der Waals surface area contributed by atoms with Crippen LogP contribution in [-0.4, -0.2) is 34.3 Å². The molecule has 0 aliphatic carbocycles. The molecule has 0 aromatic carbocycles. The molecule has 8 heavy (non-hydrogen) atoms. The quantitative estimate of drug-likeness (QED) is 0.624. The summed E-state index contributed by atoms with van der Waals surface area (Å²) in [5, 5.41) is 8.31. The Morgan fingerprint density at radius 3 is 3.00 bits per heavy atom. The van der Waals surface area contributed by atoms with Gasteiger partial charge in [0.1, 0.15) is 0 Å². The van der Waals surface area contributed by atoms with E-state index in [9.17, 15) is 4.79 Å². The van der Waals surface area contributed by atoms with E-state index in [2.05, 4.69) is 3.30 Å². The van der Waals surface area contributed by atoms with Gasteiger partial charge in [-0.25, -0.2) is 0 Å². The predicted octanol–water partition coefficient (Wildman–Crippen LogP) is -0.404. The molecule has 1 heterocycles. The molecule has 1 aliphatic heterocycles. The number of rotatable bonds is 1. The average Bonchev–Trinajstić information content (AvgIpc) is 2.12. The topological polar surface area (TPSA) is 49.3 Å². The Hall–Kier alpha value is -0.120. The van der Waals surface area contributed by atoms with Crippen LogP contribution in [0.4, 0.5) is 0 Å². The van der Waals surface area contributed by atoms with Crippen LogP contribution < -0.4 is 3.30 Å². The molecule has 4 heteroatoms. The van der Waals surface area contributed by atoms with Gasteiger partial charge in [0, 0.05) is 0 Å². The van der Waals surface area contributed by atoms with E-state index in [1.807, 2.05) is 0 Å². The molecule has 41 valence electrons. The summed E-state index contributed by atoms with van der Waals surface area (Å²) in [6.07, 6.45) is 1.77. The molecule has 0 unspecified atom stereocenters. The molecule has 0 aromatic rings. The molecule has 0 saturated heterocycles. The van der Waals surface area contributed by atoms with Crippen molar-refractivity contribution >= 4 is 29.2 Å². The Labute approximate surface area is 58.5 Å². The monoisotopic (exact) mass is 214 g/mol. The van der Waals surface area contributed by atoms with Gasteiger partial charge in [0.15, 0.2) is 0 Å². The normalized spacial score (nSPS) is 16.2. The number of hydrogen-bond donors (Lipinski definition) is 2. The van der Waals surface area contributed by atoms with E-state index >= 15 is 0 Å². The SMILES string of the molecule is O=C(O)C1=C[CH2][In][NH]1. The van der Waals surface area contributed by atoms with Gasteiger partial charge in [-0.3, -0.25) is 0 Å². The van der Waals surface area contributed by atoms with E-state index in [1.54, 1.807) is 6.08 Å². The first-order chi connectivity index (χ1) is 3.80. The summed E-state index contributed by atoms with van der Waals surface area (Å²) < 4.78 is 3.93. The van der Waals surface area contributed by atoms with E-state index in [1.165, 1.54) is 0 Å². The van der Waals surface area contributed by atoms with Gasteiger partial charge in [-0.05, 0) is 0 Å². The van der Waals surface area contributed by atoms with Gasteiger partial charge >= 0.3 is 58.3 Å². The van der Waals surface area contributed by atoms with Crippen LogP contribution in [0.2, 0.25) is 4.18 Å². The number of carboxylic acid groups (broad SMARTS) is 1. The molecule has 0 saturated carbocycles. The average molecular weight is 214 g/mol. The fraction of sp³-hybridized carbons (Fsp3) is 0.250. The molecule has 0 aromatic heterocycles. The first-order valence-electron chi connectivity index (χ1n) is 2.32. The van der Waals surface area contributed by atoms with Crippen molar-refractivity contribution < 1.29 is 9.90 Å². The number of aliphatic carboxylic acids is 1. The number of allylic oxidation sites excluding steroid dienone is 1. The molecular weight excluding hydrogens is 209 g/mol. The molecular formula is C4H5InNO2. The van der Waals surface area contributed by atoms with E-state index in [0.717, 1.165) is 4.18 Å². The summed E-state index contributed by atoms with van der Waals surface area (Å²) in [5.74, 6) is -0.811. The molecule has 3 nitrogen and oxygen atoms in total. The zero-order chi connectivity index (χ0) is 5.98. The van der Waals surface area contributed by atoms with Gasteiger partial charge in [0.05, 0.1) is 0 Å². The van der Waals surface area contributed by atoms with Gasteiger partial charge in [0.2, 0.25) is 0 Å². The van der Waals surface area contributed by atoms with E-state index in [-0.39, 0.29) is 0 Å². The Balaban J connectivity index is 2.57. The molecule has 0 bridgehead atoms. The van der Waals surface area contributed by atoms with Crippen molar-refractivity contribution in [3.05, 3.63) is 11.8 Å². The molecule has 1 radical (unpaired) electrons. The van der Waals surface area contributed by atoms with Crippen molar-refractivity contribution in [2.75, 3.05) is 0 Å². The number of carbonyl (C=O) groups is 1. The van der Waals surface area contributed by atoms with Crippen LogP contribution in [-0.2, 0) is 4.79 Å². The summed E-state index contributed by atoms with van der Waals surface area (Å²) in [4.78, 5) is 10.1. The predicted molar refractivity (Wildman–Crippen MR) is 29.4 cm³/mol. The fourth-order valence-corrected chi connectivity index (χ4v) is 3.22. The molecule has 2 N–H and O–H groups in total. The van der Waals surface area contributed by atoms with E-state index < -0.39 is 29.2 Å². The van der Waals surface area contributed by atoms with Gasteiger partial charge in [-0.15, -0.1) is 0 Å². The third-order valence-corrected chi connectivity index (χ3v) is 3.74. The van der Waals surface area contributed by atoms with Crippen molar-refractivity contribution in [3.63, 3.8) is 0 Å². The van der Waals surface area contributed by atoms with Crippen molar-refractivity contribution in [3.8, 4) is 0 Å². The first kappa shape index (κ1) is 6.01. The van der Waals surface area contributed by atoms with Gasteiger partial charge < -0.3 is 0 Å². The van der Waals surface area contributed by atoms with Crippen molar-refractivity contribution in [2.45, 2.75) is 4.18 Å². The molecule has 1 rings (SSSR count). The Morgan fingerprint density at radius 2 is 2.75 bits per heavy atom. The fourth-order valence-electron chi connectivity index (χ4n) is 0.554. The Kier molecular flexibility index (Phi) is 1.83. The third kappa shape index (κ3) is 1.18. The van der Waals surface area contributed by atoms with Crippen molar-refractivity contribution in [1.29, 1.82) is 0 Å². The summed E-state index contributed by atoms with van der Waals surface area (Å²) in [5.41, 5.74) is 0.422. The summed E-state index contributed by atoms with van der Waals surface area (Å²) in [6, 6.07) is 0. The van der Waals surface area contributed by atoms with Crippen LogP contribution in [0.1, 0.15) is 0 Å². The zero-order valence-corrected chi connectivity index (χ0v) is 7.51. The first-order valence-corrected chi connectivity index (χ1v) is 6.30. The van der Waals surface area contributed by atoms with Crippen molar-refractivity contribution in [2.24, 2.45) is 0 Å². The van der Waals surface area contributed by atoms with Crippen LogP contribution >= 0.6 is 0 Å². The molecule has 0 spiro atoms. The molecule has 0 fully saturated rings. The Morgan fingerprint density at radius 1 is 2.00 bits per heavy atom. The molecule has 0 atom stereocenters. The van der Waals surface area contributed by atoms with E-state index in [0.29, 0.717) is 5.70 Å². The van der Waals surface area contributed by atoms with Crippen LogP contribution in [0.5, 0.6) is 0 Å². The van der Waals surface area contributed by atoms with Gasteiger partial charge in [0.25, 0.3) is 0 Å². The van der Waals surface area contributed by atoms with Crippen LogP contribution in [0.25, 0.3) is 0 Å². The minimum absolute atomic E-state index is 0.422. The molecule has 0 amide bonds. The van der Waals surface area contributed by atoms with Gasteiger partial charge in [-0.1, -0.05) is 0 Å². The maximum absolute atomic E-state index is 10.1. The summed E-state index contributed by atoms with van der Waals surface area (Å²) in [6.45, 7) is 0. The number of nitrogens with one attached hydrogen (secondary N) is 1. The number of hydrogen-bond acceptors (Lipinski definition) is 2. The van der Waals surface area contributed by atoms with Crippen LogP contribution in [0.3, 0.4) is 0 Å².